The van der Waals surface area contributed by atoms with Gasteiger partial charge >= 0.3 is 0 Å². The van der Waals surface area contributed by atoms with E-state index in [2.05, 4.69) is 15.0 Å². The van der Waals surface area contributed by atoms with Gasteiger partial charge in [0, 0.05) is 31.0 Å². The van der Waals surface area contributed by atoms with Crippen molar-refractivity contribution in [3.05, 3.63) is 41.2 Å². The number of likely N-dealkylation sites (tertiary alicyclic amines) is 1. The van der Waals surface area contributed by atoms with Gasteiger partial charge in [0.15, 0.2) is 5.82 Å². The van der Waals surface area contributed by atoms with Crippen LogP contribution in [-0.4, -0.2) is 43.4 Å². The van der Waals surface area contributed by atoms with Gasteiger partial charge in [0.25, 0.3) is 5.56 Å². The minimum Gasteiger partial charge on any atom is -0.298 e. The Morgan fingerprint density at radius 3 is 2.75 bits per heavy atom. The summed E-state index contributed by atoms with van der Waals surface area (Å²) < 4.78 is 3.47. The molecule has 1 atom stereocenters. The Bertz CT molecular complexity index is 717. The molecule has 0 amide bonds. The molecular formula is C18H25N5O. The van der Waals surface area contributed by atoms with E-state index in [4.69, 9.17) is 0 Å². The number of nitrogens with zero attached hydrogens (tertiary/aromatic N) is 5. The molecule has 0 spiro atoms. The highest BCUT2D eigenvalue weighted by Gasteiger charge is 2.28. The van der Waals surface area contributed by atoms with Gasteiger partial charge in [0.05, 0.1) is 6.54 Å². The van der Waals surface area contributed by atoms with Gasteiger partial charge in [0.1, 0.15) is 6.33 Å². The van der Waals surface area contributed by atoms with E-state index in [1.54, 1.807) is 29.3 Å². The number of imidazole rings is 1. The summed E-state index contributed by atoms with van der Waals surface area (Å²) in [6.07, 6.45) is 13.2. The Kier molecular flexibility index (Phi) is 4.47. The lowest BCUT2D eigenvalue weighted by molar-refractivity contribution is 0.193. The van der Waals surface area contributed by atoms with Crippen LogP contribution < -0.4 is 5.56 Å². The van der Waals surface area contributed by atoms with Gasteiger partial charge in [-0.2, -0.15) is 5.10 Å². The van der Waals surface area contributed by atoms with E-state index < -0.39 is 0 Å². The average Bonchev–Trinajstić information content (AvgIpc) is 3.33. The molecule has 6 heteroatoms. The largest absolute Gasteiger partial charge is 0.298 e. The van der Waals surface area contributed by atoms with Crippen molar-refractivity contribution in [3.8, 4) is 5.82 Å². The second kappa shape index (κ2) is 6.89. The van der Waals surface area contributed by atoms with Gasteiger partial charge in [-0.1, -0.05) is 12.8 Å². The van der Waals surface area contributed by atoms with Gasteiger partial charge in [-0.05, 0) is 44.2 Å². The third kappa shape index (κ3) is 3.29. The maximum atomic E-state index is 12.2. The van der Waals surface area contributed by atoms with Crippen molar-refractivity contribution in [1.82, 2.24) is 24.2 Å². The number of rotatable bonds is 5. The molecule has 2 aliphatic rings. The number of hydrogen-bond donors (Lipinski definition) is 0. The third-order valence-electron chi connectivity index (χ3n) is 5.47. The monoisotopic (exact) mass is 327 g/mol. The Balaban J connectivity index is 1.49. The maximum absolute atomic E-state index is 12.2. The molecular weight excluding hydrogens is 302 g/mol. The first-order valence-corrected chi connectivity index (χ1v) is 9.10. The van der Waals surface area contributed by atoms with Crippen LogP contribution in [0.5, 0.6) is 0 Å². The van der Waals surface area contributed by atoms with Crippen molar-refractivity contribution in [2.75, 3.05) is 13.1 Å². The quantitative estimate of drug-likeness (QED) is 0.844. The molecule has 0 radical (unpaired) electrons. The van der Waals surface area contributed by atoms with E-state index in [0.29, 0.717) is 12.6 Å². The topological polar surface area (TPSA) is 56.0 Å². The second-order valence-electron chi connectivity index (χ2n) is 7.12. The molecule has 1 saturated heterocycles. The summed E-state index contributed by atoms with van der Waals surface area (Å²) in [6, 6.07) is 3.80. The molecule has 1 aliphatic carbocycles. The van der Waals surface area contributed by atoms with Gasteiger partial charge < -0.3 is 0 Å². The Morgan fingerprint density at radius 2 is 1.96 bits per heavy atom. The predicted octanol–water partition coefficient (Wildman–Crippen LogP) is 2.08. The van der Waals surface area contributed by atoms with E-state index in [9.17, 15) is 4.79 Å². The fourth-order valence-corrected chi connectivity index (χ4v) is 4.17. The molecule has 1 unspecified atom stereocenters. The molecule has 24 heavy (non-hydrogen) atoms. The Hall–Kier alpha value is -1.95. The molecule has 2 aromatic heterocycles. The van der Waals surface area contributed by atoms with E-state index >= 15 is 0 Å². The smallest absolute Gasteiger partial charge is 0.266 e. The lowest BCUT2D eigenvalue weighted by Gasteiger charge is -2.27. The lowest BCUT2D eigenvalue weighted by Crippen LogP contribution is -2.39. The van der Waals surface area contributed by atoms with Crippen LogP contribution in [0.3, 0.4) is 0 Å². The summed E-state index contributed by atoms with van der Waals surface area (Å²) in [7, 11) is 0. The van der Waals surface area contributed by atoms with E-state index in [1.807, 2.05) is 10.8 Å². The standard InChI is InChI=1S/C18H25N5O/c24-18-8-7-17(22-11-9-19-14-22)20-23(18)13-16-6-3-10-21(16)12-15-4-1-2-5-15/h7-9,11,14-16H,1-6,10,12-13H2. The summed E-state index contributed by atoms with van der Waals surface area (Å²) in [5, 5.41) is 4.54. The summed E-state index contributed by atoms with van der Waals surface area (Å²) in [5.74, 6) is 1.60. The zero-order valence-corrected chi connectivity index (χ0v) is 14.0. The average molecular weight is 327 g/mol. The van der Waals surface area contributed by atoms with Crippen molar-refractivity contribution in [1.29, 1.82) is 0 Å². The van der Waals surface area contributed by atoms with Crippen LogP contribution in [0.15, 0.2) is 35.6 Å². The van der Waals surface area contributed by atoms with Crippen molar-refractivity contribution < 1.29 is 0 Å². The third-order valence-corrected chi connectivity index (χ3v) is 5.47. The van der Waals surface area contributed by atoms with Crippen LogP contribution >= 0.6 is 0 Å². The first-order chi connectivity index (χ1) is 11.8. The molecule has 1 aliphatic heterocycles. The fourth-order valence-electron chi connectivity index (χ4n) is 4.17. The van der Waals surface area contributed by atoms with Crippen molar-refractivity contribution in [3.63, 3.8) is 0 Å². The van der Waals surface area contributed by atoms with Gasteiger partial charge in [-0.15, -0.1) is 0 Å². The maximum Gasteiger partial charge on any atom is 0.266 e. The minimum absolute atomic E-state index is 0.0217. The van der Waals surface area contributed by atoms with Crippen LogP contribution in [0.1, 0.15) is 38.5 Å². The molecule has 2 fully saturated rings. The van der Waals surface area contributed by atoms with Crippen LogP contribution in [0.25, 0.3) is 5.82 Å². The van der Waals surface area contributed by atoms with Crippen LogP contribution in [0.2, 0.25) is 0 Å². The lowest BCUT2D eigenvalue weighted by atomic mass is 10.1. The van der Waals surface area contributed by atoms with Crippen molar-refractivity contribution >= 4 is 0 Å². The molecule has 0 bridgehead atoms. The summed E-state index contributed by atoms with van der Waals surface area (Å²) in [6.45, 7) is 3.05. The highest BCUT2D eigenvalue weighted by atomic mass is 16.1. The zero-order chi connectivity index (χ0) is 16.4. The van der Waals surface area contributed by atoms with E-state index in [-0.39, 0.29) is 5.56 Å². The first-order valence-electron chi connectivity index (χ1n) is 9.10. The first kappa shape index (κ1) is 15.6. The van der Waals surface area contributed by atoms with Gasteiger partial charge in [-0.25, -0.2) is 9.67 Å². The van der Waals surface area contributed by atoms with Crippen molar-refractivity contribution in [2.45, 2.75) is 51.1 Å². The SMILES string of the molecule is O=c1ccc(-n2ccnc2)nn1CC1CCCN1CC1CCCC1. The number of aromatic nitrogens is 4. The highest BCUT2D eigenvalue weighted by Crippen LogP contribution is 2.28. The second-order valence-corrected chi connectivity index (χ2v) is 7.12. The fraction of sp³-hybridized carbons (Fsp3) is 0.611. The number of hydrogen-bond acceptors (Lipinski definition) is 4. The normalized spacial score (nSPS) is 22.4. The summed E-state index contributed by atoms with van der Waals surface area (Å²) >= 11 is 0. The summed E-state index contributed by atoms with van der Waals surface area (Å²) in [5.41, 5.74) is -0.0217. The predicted molar refractivity (Wildman–Crippen MR) is 92.2 cm³/mol. The van der Waals surface area contributed by atoms with Crippen LogP contribution in [-0.2, 0) is 6.54 Å². The molecule has 128 valence electrons. The zero-order valence-electron chi connectivity index (χ0n) is 14.0. The molecule has 4 rings (SSSR count). The van der Waals surface area contributed by atoms with E-state index in [0.717, 1.165) is 24.7 Å². The molecule has 0 N–H and O–H groups in total. The highest BCUT2D eigenvalue weighted by molar-refractivity contribution is 5.19. The molecule has 1 saturated carbocycles. The molecule has 0 aromatic carbocycles. The summed E-state index contributed by atoms with van der Waals surface area (Å²) in [4.78, 5) is 18.9. The minimum atomic E-state index is -0.0217. The van der Waals surface area contributed by atoms with Gasteiger partial charge in [-0.3, -0.25) is 14.3 Å². The molecule has 6 nitrogen and oxygen atoms in total. The Labute approximate surface area is 142 Å². The Morgan fingerprint density at radius 1 is 1.08 bits per heavy atom. The molecule has 2 aromatic rings. The molecule has 3 heterocycles. The van der Waals surface area contributed by atoms with Crippen LogP contribution in [0, 0.1) is 5.92 Å². The van der Waals surface area contributed by atoms with Crippen LogP contribution in [0.4, 0.5) is 0 Å². The van der Waals surface area contributed by atoms with Crippen molar-refractivity contribution in [2.24, 2.45) is 5.92 Å². The van der Waals surface area contributed by atoms with Gasteiger partial charge in [0.2, 0.25) is 0 Å². The van der Waals surface area contributed by atoms with E-state index in [1.165, 1.54) is 38.6 Å².